The fraction of sp³-hybridized carbons (Fsp3) is 0.0690. The number of hydrogen-bond donors (Lipinski definition) is 0. The molecule has 0 radical (unpaired) electrons. The van der Waals surface area contributed by atoms with Crippen molar-refractivity contribution in [1.29, 1.82) is 0 Å². The maximum atomic E-state index is 13.7. The van der Waals surface area contributed by atoms with Crippen LogP contribution >= 0.6 is 12.4 Å². The van der Waals surface area contributed by atoms with E-state index in [4.69, 9.17) is 0 Å². The Hall–Kier alpha value is -4.89. The first-order valence-electron chi connectivity index (χ1n) is 11.8. The molecule has 0 unspecified atom stereocenters. The number of fused-ring (bicyclic) bond motifs is 2. The van der Waals surface area contributed by atoms with Crippen LogP contribution in [0.1, 0.15) is 21.7 Å². The topological polar surface area (TPSA) is 91.3 Å². The van der Waals surface area contributed by atoms with Crippen molar-refractivity contribution in [3.63, 3.8) is 0 Å². The van der Waals surface area contributed by atoms with Crippen LogP contribution in [0, 0.1) is 5.82 Å². The van der Waals surface area contributed by atoms with Crippen LogP contribution < -0.4 is 11.2 Å². The third-order valence-corrected chi connectivity index (χ3v) is 6.55. The summed E-state index contributed by atoms with van der Waals surface area (Å²) in [4.78, 5) is 48.9. The number of imidazole rings is 1. The Morgan fingerprint density at radius 2 is 1.74 bits per heavy atom. The van der Waals surface area contributed by atoms with E-state index in [1.54, 1.807) is 48.2 Å². The molecule has 0 spiro atoms. The molecule has 194 valence electrons. The highest BCUT2D eigenvalue weighted by atomic mass is 35.5. The summed E-state index contributed by atoms with van der Waals surface area (Å²) in [5.74, 6) is -0.592. The van der Waals surface area contributed by atoms with E-state index < -0.39 is 17.1 Å². The molecule has 0 amide bonds. The van der Waals surface area contributed by atoms with Gasteiger partial charge in [-0.3, -0.25) is 28.1 Å². The highest BCUT2D eigenvalue weighted by Gasteiger charge is 2.21. The molecule has 0 aliphatic carbocycles. The number of benzene rings is 2. The Balaban J connectivity index is 0.00000308. The molecule has 0 bridgehead atoms. The summed E-state index contributed by atoms with van der Waals surface area (Å²) in [7, 11) is 1.56. The third-order valence-electron chi connectivity index (χ3n) is 6.55. The molecule has 0 saturated heterocycles. The van der Waals surface area contributed by atoms with Crippen molar-refractivity contribution in [3.8, 4) is 11.3 Å². The maximum Gasteiger partial charge on any atom is 0.331 e. The molecule has 0 N–H and O–H groups in total. The molecule has 0 aliphatic rings. The first-order chi connectivity index (χ1) is 18.4. The zero-order valence-corrected chi connectivity index (χ0v) is 21.4. The van der Waals surface area contributed by atoms with Crippen LogP contribution in [0.4, 0.5) is 4.39 Å². The van der Waals surface area contributed by atoms with Gasteiger partial charge in [-0.15, -0.1) is 12.4 Å². The number of carbonyl (C=O) groups excluding carboxylic acids is 1. The SMILES string of the molecule is Cl.Cn1c(=O)n(Cc2ccc(F)cc2)c(=O)c2cc(C(=O)c3nc(-c4cccnc4)c4ccccn34)ccc21. The van der Waals surface area contributed by atoms with E-state index in [0.717, 1.165) is 15.6 Å². The van der Waals surface area contributed by atoms with E-state index in [1.165, 1.54) is 34.9 Å². The van der Waals surface area contributed by atoms with Crippen molar-refractivity contribution in [1.82, 2.24) is 23.5 Å². The van der Waals surface area contributed by atoms with Gasteiger partial charge in [-0.25, -0.2) is 14.2 Å². The molecule has 8 nitrogen and oxygen atoms in total. The first-order valence-corrected chi connectivity index (χ1v) is 11.8. The fourth-order valence-electron chi connectivity index (χ4n) is 4.61. The standard InChI is InChI=1S/C29H20FN5O3.ClH/c1-33-23-12-9-19(15-22(23)28(37)35(29(33)38)17-18-7-10-21(30)11-8-18)26(36)27-32-25(20-5-4-13-31-16-20)24-6-2-3-14-34(24)27;/h2-16H,17H2,1H3;1H. The average Bonchev–Trinajstić information content (AvgIpc) is 3.35. The van der Waals surface area contributed by atoms with E-state index in [-0.39, 0.29) is 41.5 Å². The van der Waals surface area contributed by atoms with Crippen molar-refractivity contribution in [2.45, 2.75) is 6.54 Å². The van der Waals surface area contributed by atoms with E-state index in [9.17, 15) is 18.8 Å². The van der Waals surface area contributed by atoms with Crippen LogP contribution in [0.2, 0.25) is 0 Å². The van der Waals surface area contributed by atoms with Crippen LogP contribution in [-0.2, 0) is 13.6 Å². The lowest BCUT2D eigenvalue weighted by atomic mass is 10.1. The van der Waals surface area contributed by atoms with Crippen LogP contribution in [-0.4, -0.2) is 29.3 Å². The van der Waals surface area contributed by atoms with Crippen molar-refractivity contribution in [2.75, 3.05) is 0 Å². The Morgan fingerprint density at radius 1 is 0.949 bits per heavy atom. The summed E-state index contributed by atoms with van der Waals surface area (Å²) in [5.41, 5.74) is 2.35. The Labute approximate surface area is 227 Å². The van der Waals surface area contributed by atoms with Gasteiger partial charge in [0.05, 0.1) is 28.7 Å². The van der Waals surface area contributed by atoms with E-state index in [2.05, 4.69) is 9.97 Å². The molecule has 0 fully saturated rings. The third kappa shape index (κ3) is 4.42. The number of hydrogen-bond acceptors (Lipinski definition) is 5. The van der Waals surface area contributed by atoms with Gasteiger partial charge in [0, 0.05) is 36.8 Å². The lowest BCUT2D eigenvalue weighted by Crippen LogP contribution is -2.39. The summed E-state index contributed by atoms with van der Waals surface area (Å²) in [6.07, 6.45) is 5.11. The largest absolute Gasteiger partial charge is 0.331 e. The predicted octanol–water partition coefficient (Wildman–Crippen LogP) is 4.25. The molecular formula is C29H21ClFN5O3. The molecule has 6 rings (SSSR count). The van der Waals surface area contributed by atoms with E-state index >= 15 is 0 Å². The van der Waals surface area contributed by atoms with Crippen molar-refractivity contribution in [2.24, 2.45) is 7.05 Å². The predicted molar refractivity (Wildman–Crippen MR) is 148 cm³/mol. The van der Waals surface area contributed by atoms with Crippen molar-refractivity contribution < 1.29 is 9.18 Å². The second kappa shape index (κ2) is 10.1. The number of pyridine rings is 2. The molecule has 0 aliphatic heterocycles. The smallest absolute Gasteiger partial charge is 0.296 e. The highest BCUT2D eigenvalue weighted by molar-refractivity contribution is 6.09. The van der Waals surface area contributed by atoms with Gasteiger partial charge in [-0.05, 0) is 60.2 Å². The molecule has 6 aromatic rings. The molecule has 0 saturated carbocycles. The number of rotatable bonds is 5. The normalized spacial score (nSPS) is 11.0. The summed E-state index contributed by atoms with van der Waals surface area (Å²) in [6.45, 7) is -0.0285. The quantitative estimate of drug-likeness (QED) is 0.304. The first kappa shape index (κ1) is 25.7. The zero-order chi connectivity index (χ0) is 26.4. The van der Waals surface area contributed by atoms with Crippen molar-refractivity contribution >= 4 is 34.6 Å². The van der Waals surface area contributed by atoms with Crippen LogP contribution in [0.25, 0.3) is 27.7 Å². The molecule has 4 heterocycles. The second-order valence-electron chi connectivity index (χ2n) is 8.90. The Bertz CT molecular complexity index is 1980. The van der Waals surface area contributed by atoms with Gasteiger partial charge in [-0.1, -0.05) is 18.2 Å². The lowest BCUT2D eigenvalue weighted by molar-refractivity contribution is 0.102. The average molecular weight is 542 g/mol. The molecule has 2 aromatic carbocycles. The number of carbonyl (C=O) groups is 1. The molecule has 39 heavy (non-hydrogen) atoms. The molecule has 10 heteroatoms. The Morgan fingerprint density at radius 3 is 2.49 bits per heavy atom. The lowest BCUT2D eigenvalue weighted by Gasteiger charge is -2.12. The minimum Gasteiger partial charge on any atom is -0.296 e. The summed E-state index contributed by atoms with van der Waals surface area (Å²) >= 11 is 0. The van der Waals surface area contributed by atoms with Gasteiger partial charge in [-0.2, -0.15) is 0 Å². The summed E-state index contributed by atoms with van der Waals surface area (Å²) in [5, 5.41) is 0.216. The summed E-state index contributed by atoms with van der Waals surface area (Å²) < 4.78 is 17.5. The number of aryl methyl sites for hydroxylation is 1. The summed E-state index contributed by atoms with van der Waals surface area (Å²) in [6, 6.07) is 19.5. The van der Waals surface area contributed by atoms with E-state index in [1.807, 2.05) is 24.3 Å². The fourth-order valence-corrected chi connectivity index (χ4v) is 4.61. The van der Waals surface area contributed by atoms with Crippen molar-refractivity contribution in [3.05, 3.63) is 135 Å². The maximum absolute atomic E-state index is 13.7. The van der Waals surface area contributed by atoms with Gasteiger partial charge < -0.3 is 0 Å². The van der Waals surface area contributed by atoms with Gasteiger partial charge in [0.25, 0.3) is 5.56 Å². The number of halogens is 2. The van der Waals surface area contributed by atoms with Crippen LogP contribution in [0.5, 0.6) is 0 Å². The van der Waals surface area contributed by atoms with Crippen LogP contribution in [0.3, 0.4) is 0 Å². The number of aromatic nitrogens is 5. The highest BCUT2D eigenvalue weighted by Crippen LogP contribution is 2.26. The molecular weight excluding hydrogens is 521 g/mol. The zero-order valence-electron chi connectivity index (χ0n) is 20.6. The number of nitrogens with zero attached hydrogens (tertiary/aromatic N) is 5. The van der Waals surface area contributed by atoms with Gasteiger partial charge >= 0.3 is 5.69 Å². The molecule has 0 atom stereocenters. The minimum atomic E-state index is -0.536. The van der Waals surface area contributed by atoms with Gasteiger partial charge in [0.15, 0.2) is 5.82 Å². The van der Waals surface area contributed by atoms with Gasteiger partial charge in [0.2, 0.25) is 5.78 Å². The molecule has 4 aromatic heterocycles. The number of ketones is 1. The van der Waals surface area contributed by atoms with E-state index in [0.29, 0.717) is 16.8 Å². The van der Waals surface area contributed by atoms with Crippen LogP contribution in [0.15, 0.2) is 101 Å². The minimum absolute atomic E-state index is 0. The Kier molecular flexibility index (Phi) is 6.67. The monoisotopic (exact) mass is 541 g/mol. The van der Waals surface area contributed by atoms with Gasteiger partial charge in [0.1, 0.15) is 5.82 Å². The second-order valence-corrected chi connectivity index (χ2v) is 8.90.